The average Bonchev–Trinajstić information content (AvgIpc) is 2.89. The first-order chi connectivity index (χ1) is 9.70. The molecular weight excluding hydrogens is 320 g/mol. The fourth-order valence-electron chi connectivity index (χ4n) is 2.64. The third-order valence-electron chi connectivity index (χ3n) is 3.65. The van der Waals surface area contributed by atoms with Crippen LogP contribution in [0.3, 0.4) is 0 Å². The lowest BCUT2D eigenvalue weighted by Gasteiger charge is -2.19. The van der Waals surface area contributed by atoms with Gasteiger partial charge in [-0.25, -0.2) is 0 Å². The Bertz CT molecular complexity index is 856. The molecule has 0 radical (unpaired) electrons. The van der Waals surface area contributed by atoms with E-state index in [1.54, 1.807) is 7.11 Å². The van der Waals surface area contributed by atoms with Crippen LogP contribution in [0.2, 0.25) is 0 Å². The fraction of sp³-hybridized carbons (Fsp3) is 0.143. The molecule has 0 saturated carbocycles. The number of hydrogen-bond donors (Lipinski definition) is 1. The van der Waals surface area contributed by atoms with E-state index in [-0.39, 0.29) is 0 Å². The Kier molecular flexibility index (Phi) is 2.32. The number of halogens is 1. The van der Waals surface area contributed by atoms with Crippen molar-refractivity contribution in [1.82, 2.24) is 9.67 Å². The van der Waals surface area contributed by atoms with Crippen molar-refractivity contribution < 1.29 is 9.25 Å². The fourth-order valence-corrected chi connectivity index (χ4v) is 3.04. The van der Waals surface area contributed by atoms with Crippen LogP contribution in [0.4, 0.5) is 11.5 Å². The van der Waals surface area contributed by atoms with Crippen LogP contribution in [0.5, 0.6) is 5.75 Å². The Labute approximate surface area is 123 Å². The molecule has 1 aliphatic heterocycles. The van der Waals surface area contributed by atoms with E-state index in [2.05, 4.69) is 26.2 Å². The summed E-state index contributed by atoms with van der Waals surface area (Å²) in [7, 11) is 1.69. The summed E-state index contributed by atoms with van der Waals surface area (Å²) in [6.45, 7) is 2.05. The van der Waals surface area contributed by atoms with Crippen LogP contribution in [-0.2, 0) is 0 Å². The molecule has 20 heavy (non-hydrogen) atoms. The summed E-state index contributed by atoms with van der Waals surface area (Å²) in [5.41, 5.74) is 4.07. The van der Waals surface area contributed by atoms with E-state index in [0.717, 1.165) is 38.6 Å². The van der Waals surface area contributed by atoms with Crippen LogP contribution >= 0.6 is 15.9 Å². The van der Waals surface area contributed by atoms with Gasteiger partial charge in [0.05, 0.1) is 11.6 Å². The molecule has 0 amide bonds. The number of anilines is 2. The highest BCUT2D eigenvalue weighted by Crippen LogP contribution is 2.36. The van der Waals surface area contributed by atoms with Gasteiger partial charge in [0.25, 0.3) is 11.5 Å². The highest BCUT2D eigenvalue weighted by molar-refractivity contribution is 9.10. The number of pyridine rings is 1. The van der Waals surface area contributed by atoms with Crippen molar-refractivity contribution >= 4 is 33.1 Å². The van der Waals surface area contributed by atoms with E-state index in [4.69, 9.17) is 4.74 Å². The molecule has 3 heterocycles. The van der Waals surface area contributed by atoms with E-state index in [9.17, 15) is 0 Å². The second-order valence-electron chi connectivity index (χ2n) is 4.70. The summed E-state index contributed by atoms with van der Waals surface area (Å²) in [4.78, 5) is 4.44. The van der Waals surface area contributed by atoms with Crippen molar-refractivity contribution in [3.05, 3.63) is 40.6 Å². The molecule has 5 nitrogen and oxygen atoms in total. The summed E-state index contributed by atoms with van der Waals surface area (Å²) in [5, 5.41) is 3.48. The molecule has 1 N–H and O–H groups in total. The van der Waals surface area contributed by atoms with Crippen molar-refractivity contribution in [2.75, 3.05) is 12.4 Å². The number of benzene rings is 1. The van der Waals surface area contributed by atoms with Gasteiger partial charge in [0.1, 0.15) is 17.1 Å². The lowest BCUT2D eigenvalue weighted by atomic mass is 10.1. The minimum absolute atomic E-state index is 0.869. The Morgan fingerprint density at radius 3 is 2.95 bits per heavy atom. The number of fused-ring (bicyclic) bond motifs is 2. The van der Waals surface area contributed by atoms with Crippen molar-refractivity contribution in [1.29, 1.82) is 0 Å². The molecule has 0 saturated heterocycles. The van der Waals surface area contributed by atoms with Crippen LogP contribution < -0.4 is 14.6 Å². The standard InChI is InChI=1S/C14H11BrN4O/c1-8-11(20-2)5-4-10-13(8)17-14-9(15)3-6-12-16-7-18(10)19(12)14/h3-7H,1-2H3/p+1. The molecule has 3 aromatic rings. The van der Waals surface area contributed by atoms with Crippen LogP contribution in [-0.4, -0.2) is 16.8 Å². The number of nitrogens with zero attached hydrogens (tertiary/aromatic N) is 3. The molecule has 0 aliphatic carbocycles. The first kappa shape index (κ1) is 11.7. The largest absolute Gasteiger partial charge is 0.496 e. The Morgan fingerprint density at radius 2 is 2.15 bits per heavy atom. The van der Waals surface area contributed by atoms with E-state index in [0.29, 0.717) is 0 Å². The number of aromatic nitrogens is 3. The smallest absolute Gasteiger partial charge is 0.287 e. The molecule has 0 unspecified atom stereocenters. The van der Waals surface area contributed by atoms with E-state index < -0.39 is 0 Å². The third kappa shape index (κ3) is 1.37. The minimum Gasteiger partial charge on any atom is -0.496 e. The van der Waals surface area contributed by atoms with Gasteiger partial charge in [-0.05, 0) is 41.1 Å². The third-order valence-corrected chi connectivity index (χ3v) is 4.29. The highest BCUT2D eigenvalue weighted by Gasteiger charge is 2.28. The molecule has 0 fully saturated rings. The first-order valence-corrected chi connectivity index (χ1v) is 7.03. The number of rotatable bonds is 1. The zero-order valence-corrected chi connectivity index (χ0v) is 12.6. The molecule has 1 aliphatic rings. The first-order valence-electron chi connectivity index (χ1n) is 6.23. The maximum Gasteiger partial charge on any atom is 0.287 e. The summed E-state index contributed by atoms with van der Waals surface area (Å²) in [6.07, 6.45) is 1.83. The molecular formula is C14H12BrN4O+. The molecule has 6 heteroatoms. The molecule has 2 aromatic heterocycles. The van der Waals surface area contributed by atoms with Crippen molar-refractivity contribution in [3.8, 4) is 11.4 Å². The summed E-state index contributed by atoms with van der Waals surface area (Å²) in [5.74, 6) is 1.83. The number of nitrogens with one attached hydrogen (secondary N) is 1. The quantitative estimate of drug-likeness (QED) is 0.545. The van der Waals surface area contributed by atoms with E-state index >= 15 is 0 Å². The number of hydrogen-bond acceptors (Lipinski definition) is 3. The summed E-state index contributed by atoms with van der Waals surface area (Å²) in [6, 6.07) is 7.99. The maximum absolute atomic E-state index is 5.40. The molecule has 100 valence electrons. The maximum atomic E-state index is 5.40. The second-order valence-corrected chi connectivity index (χ2v) is 5.56. The Balaban J connectivity index is 2.11. The van der Waals surface area contributed by atoms with Crippen molar-refractivity contribution in [2.24, 2.45) is 0 Å². The molecule has 1 aromatic carbocycles. The van der Waals surface area contributed by atoms with Crippen molar-refractivity contribution in [2.45, 2.75) is 6.92 Å². The average molecular weight is 332 g/mol. The topological polar surface area (TPSA) is 43.2 Å². The van der Waals surface area contributed by atoms with Gasteiger partial charge in [-0.1, -0.05) is 4.98 Å². The lowest BCUT2D eigenvalue weighted by molar-refractivity contribution is -0.585. The Hall–Kier alpha value is -2.08. The van der Waals surface area contributed by atoms with Gasteiger partial charge < -0.3 is 4.74 Å². The predicted molar refractivity (Wildman–Crippen MR) is 79.0 cm³/mol. The monoisotopic (exact) mass is 331 g/mol. The predicted octanol–water partition coefficient (Wildman–Crippen LogP) is 2.75. The summed E-state index contributed by atoms with van der Waals surface area (Å²) < 4.78 is 10.5. The van der Waals surface area contributed by atoms with Gasteiger partial charge in [-0.15, -0.1) is 4.52 Å². The van der Waals surface area contributed by atoms with Crippen molar-refractivity contribution in [3.63, 3.8) is 0 Å². The highest BCUT2D eigenvalue weighted by atomic mass is 79.9. The van der Waals surface area contributed by atoms with Crippen LogP contribution in [0, 0.1) is 6.92 Å². The van der Waals surface area contributed by atoms with Gasteiger partial charge in [0.2, 0.25) is 6.33 Å². The van der Waals surface area contributed by atoms with Gasteiger partial charge in [-0.3, -0.25) is 5.32 Å². The van der Waals surface area contributed by atoms with Crippen LogP contribution in [0.25, 0.3) is 11.3 Å². The zero-order chi connectivity index (χ0) is 13.9. The summed E-state index contributed by atoms with van der Waals surface area (Å²) >= 11 is 3.59. The lowest BCUT2D eigenvalue weighted by Crippen LogP contribution is -2.38. The zero-order valence-electron chi connectivity index (χ0n) is 11.0. The van der Waals surface area contributed by atoms with E-state index in [1.807, 2.05) is 46.7 Å². The van der Waals surface area contributed by atoms with Gasteiger partial charge >= 0.3 is 0 Å². The van der Waals surface area contributed by atoms with Gasteiger partial charge in [-0.2, -0.15) is 4.68 Å². The second kappa shape index (κ2) is 3.96. The number of methoxy groups -OCH3 is 1. The molecule has 4 rings (SSSR count). The van der Waals surface area contributed by atoms with E-state index in [1.165, 1.54) is 0 Å². The van der Waals surface area contributed by atoms with Gasteiger partial charge in [0.15, 0.2) is 0 Å². The van der Waals surface area contributed by atoms with Crippen LogP contribution in [0.15, 0.2) is 35.1 Å². The number of ether oxygens (including phenoxy) is 1. The molecule has 0 atom stereocenters. The molecule has 0 spiro atoms. The van der Waals surface area contributed by atoms with Gasteiger partial charge in [0, 0.05) is 11.6 Å². The normalized spacial score (nSPS) is 12.2. The SMILES string of the molecule is COc1ccc2c(c1C)Nc1c(Br)ccc3ncn-2[n+]13. The Morgan fingerprint density at radius 1 is 1.30 bits per heavy atom. The minimum atomic E-state index is 0.869. The van der Waals surface area contributed by atoms with Crippen LogP contribution in [0.1, 0.15) is 5.56 Å². The molecule has 0 bridgehead atoms.